The number of likely N-dealkylation sites (tertiary alicyclic amines) is 1. The number of aliphatic carboxylic acids is 1. The van der Waals surface area contributed by atoms with Gasteiger partial charge in [-0.3, -0.25) is 0 Å². The highest BCUT2D eigenvalue weighted by molar-refractivity contribution is 7.99. The first-order chi connectivity index (χ1) is 9.60. The molecule has 0 aliphatic carbocycles. The number of amides is 2. The normalized spacial score (nSPS) is 29.6. The number of urea groups is 1. The molecule has 0 spiro atoms. The number of carboxylic acid groups (broad SMARTS) is 1. The average molecular weight is 300 g/mol. The number of carbonyl (C=O) groups excluding carboxylic acids is 1. The van der Waals surface area contributed by atoms with E-state index in [2.05, 4.69) is 5.32 Å². The van der Waals surface area contributed by atoms with E-state index in [4.69, 9.17) is 0 Å². The van der Waals surface area contributed by atoms with Crippen molar-refractivity contribution >= 4 is 23.8 Å². The minimum atomic E-state index is -0.983. The third kappa shape index (κ3) is 3.05. The second-order valence-electron chi connectivity index (χ2n) is 5.76. The zero-order chi connectivity index (χ0) is 14.6. The molecule has 0 saturated carbocycles. The van der Waals surface area contributed by atoms with Gasteiger partial charge >= 0.3 is 12.0 Å². The summed E-state index contributed by atoms with van der Waals surface area (Å²) in [5.74, 6) is 1.94. The van der Waals surface area contributed by atoms with Crippen LogP contribution in [0.15, 0.2) is 0 Å². The molecule has 114 valence electrons. The highest BCUT2D eigenvalue weighted by atomic mass is 32.2. The van der Waals surface area contributed by atoms with Crippen molar-refractivity contribution in [2.24, 2.45) is 5.92 Å². The van der Waals surface area contributed by atoms with Crippen molar-refractivity contribution in [2.75, 3.05) is 24.6 Å². The van der Waals surface area contributed by atoms with Gasteiger partial charge in [-0.2, -0.15) is 11.8 Å². The van der Waals surface area contributed by atoms with Crippen LogP contribution in [0.3, 0.4) is 0 Å². The molecule has 2 aliphatic rings. The van der Waals surface area contributed by atoms with E-state index >= 15 is 0 Å². The summed E-state index contributed by atoms with van der Waals surface area (Å²) in [6.07, 6.45) is 3.80. The van der Waals surface area contributed by atoms with Gasteiger partial charge in [0.1, 0.15) is 5.54 Å². The summed E-state index contributed by atoms with van der Waals surface area (Å²) in [6, 6.07) is -0.199. The topological polar surface area (TPSA) is 69.6 Å². The lowest BCUT2D eigenvalue weighted by molar-refractivity contribution is -0.148. The molecule has 0 aromatic rings. The van der Waals surface area contributed by atoms with Crippen LogP contribution in [-0.4, -0.2) is 52.1 Å². The summed E-state index contributed by atoms with van der Waals surface area (Å²) in [7, 11) is 0. The standard InChI is InChI=1S/C14H24N2O3S/c1-2-5-14(12(17)18)6-3-7-16(14)13(19)15-9-11-4-8-20-10-11/h11H,2-10H2,1H3,(H,15,19)(H,17,18). The van der Waals surface area contributed by atoms with Gasteiger partial charge in [0.25, 0.3) is 0 Å². The summed E-state index contributed by atoms with van der Waals surface area (Å²) in [5, 5.41) is 12.5. The first kappa shape index (κ1) is 15.5. The number of carbonyl (C=O) groups is 2. The summed E-state index contributed by atoms with van der Waals surface area (Å²) in [4.78, 5) is 25.6. The maximum Gasteiger partial charge on any atom is 0.329 e. The van der Waals surface area contributed by atoms with Crippen LogP contribution in [0.2, 0.25) is 0 Å². The van der Waals surface area contributed by atoms with E-state index in [-0.39, 0.29) is 6.03 Å². The SMILES string of the molecule is CCCC1(C(=O)O)CCCN1C(=O)NCC1CCSC1. The third-order valence-electron chi connectivity index (χ3n) is 4.36. The number of hydrogen-bond donors (Lipinski definition) is 2. The lowest BCUT2D eigenvalue weighted by atomic mass is 9.91. The molecular formula is C14H24N2O3S. The second-order valence-corrected chi connectivity index (χ2v) is 6.91. The molecule has 0 bridgehead atoms. The maximum atomic E-state index is 12.3. The maximum absolute atomic E-state index is 12.3. The Hall–Kier alpha value is -0.910. The first-order valence-electron chi connectivity index (χ1n) is 7.47. The van der Waals surface area contributed by atoms with Crippen molar-refractivity contribution in [1.29, 1.82) is 0 Å². The highest BCUT2D eigenvalue weighted by Gasteiger charge is 2.49. The Morgan fingerprint density at radius 1 is 1.50 bits per heavy atom. The first-order valence-corrected chi connectivity index (χ1v) is 8.62. The van der Waals surface area contributed by atoms with Crippen molar-refractivity contribution in [1.82, 2.24) is 10.2 Å². The van der Waals surface area contributed by atoms with E-state index in [1.54, 1.807) is 4.90 Å². The van der Waals surface area contributed by atoms with Gasteiger partial charge in [-0.15, -0.1) is 0 Å². The summed E-state index contributed by atoms with van der Waals surface area (Å²) < 4.78 is 0. The van der Waals surface area contributed by atoms with Crippen LogP contribution in [0.5, 0.6) is 0 Å². The number of nitrogens with one attached hydrogen (secondary N) is 1. The molecule has 2 fully saturated rings. The monoisotopic (exact) mass is 300 g/mol. The molecule has 2 N–H and O–H groups in total. The van der Waals surface area contributed by atoms with Crippen LogP contribution in [0, 0.1) is 5.92 Å². The fourth-order valence-corrected chi connectivity index (χ4v) is 4.53. The fourth-order valence-electron chi connectivity index (χ4n) is 3.25. The summed E-state index contributed by atoms with van der Waals surface area (Å²) >= 11 is 1.92. The predicted octanol–water partition coefficient (Wildman–Crippen LogP) is 2.17. The predicted molar refractivity (Wildman–Crippen MR) is 80.0 cm³/mol. The van der Waals surface area contributed by atoms with Gasteiger partial charge < -0.3 is 15.3 Å². The fraction of sp³-hybridized carbons (Fsp3) is 0.857. The van der Waals surface area contributed by atoms with E-state index in [1.165, 1.54) is 5.75 Å². The van der Waals surface area contributed by atoms with Crippen LogP contribution in [-0.2, 0) is 4.79 Å². The van der Waals surface area contributed by atoms with E-state index < -0.39 is 11.5 Å². The molecule has 2 heterocycles. The molecule has 2 aliphatic heterocycles. The van der Waals surface area contributed by atoms with Gasteiger partial charge in [0.05, 0.1) is 0 Å². The lowest BCUT2D eigenvalue weighted by Gasteiger charge is -2.34. The molecule has 5 nitrogen and oxygen atoms in total. The van der Waals surface area contributed by atoms with Crippen molar-refractivity contribution in [3.05, 3.63) is 0 Å². The Kier molecular flexibility index (Phi) is 5.18. The van der Waals surface area contributed by atoms with Gasteiger partial charge in [0.15, 0.2) is 0 Å². The molecule has 2 amide bonds. The molecule has 2 rings (SSSR count). The Morgan fingerprint density at radius 2 is 2.30 bits per heavy atom. The van der Waals surface area contributed by atoms with E-state index in [1.807, 2.05) is 18.7 Å². The zero-order valence-corrected chi connectivity index (χ0v) is 12.9. The highest BCUT2D eigenvalue weighted by Crippen LogP contribution is 2.34. The lowest BCUT2D eigenvalue weighted by Crippen LogP contribution is -2.56. The van der Waals surface area contributed by atoms with Crippen molar-refractivity contribution < 1.29 is 14.7 Å². The molecule has 2 unspecified atom stereocenters. The zero-order valence-electron chi connectivity index (χ0n) is 12.1. The summed E-state index contributed by atoms with van der Waals surface area (Å²) in [5.41, 5.74) is -0.983. The minimum Gasteiger partial charge on any atom is -0.479 e. The van der Waals surface area contributed by atoms with Crippen molar-refractivity contribution in [3.8, 4) is 0 Å². The number of nitrogens with zero attached hydrogens (tertiary/aromatic N) is 1. The molecule has 20 heavy (non-hydrogen) atoms. The van der Waals surface area contributed by atoms with E-state index in [0.717, 1.165) is 25.0 Å². The number of carboxylic acids is 1. The summed E-state index contributed by atoms with van der Waals surface area (Å²) in [6.45, 7) is 3.19. The van der Waals surface area contributed by atoms with E-state index in [0.29, 0.717) is 31.8 Å². The smallest absolute Gasteiger partial charge is 0.329 e. The number of rotatable bonds is 5. The molecule has 0 aromatic carbocycles. The number of hydrogen-bond acceptors (Lipinski definition) is 3. The van der Waals surface area contributed by atoms with Crippen LogP contribution in [0.25, 0.3) is 0 Å². The third-order valence-corrected chi connectivity index (χ3v) is 5.59. The van der Waals surface area contributed by atoms with Gasteiger partial charge in [0, 0.05) is 13.1 Å². The van der Waals surface area contributed by atoms with Gasteiger partial charge in [0.2, 0.25) is 0 Å². The quantitative estimate of drug-likeness (QED) is 0.816. The van der Waals surface area contributed by atoms with Crippen LogP contribution in [0.1, 0.15) is 39.0 Å². The molecule has 0 radical (unpaired) electrons. The molecule has 0 aromatic heterocycles. The van der Waals surface area contributed by atoms with E-state index in [9.17, 15) is 14.7 Å². The molecule has 2 atom stereocenters. The van der Waals surface area contributed by atoms with Gasteiger partial charge in [-0.05, 0) is 43.1 Å². The second kappa shape index (κ2) is 6.70. The largest absolute Gasteiger partial charge is 0.479 e. The Labute approximate surface area is 124 Å². The average Bonchev–Trinajstić information content (AvgIpc) is 3.06. The molecule has 2 saturated heterocycles. The number of thioether (sulfide) groups is 1. The van der Waals surface area contributed by atoms with Crippen molar-refractivity contribution in [2.45, 2.75) is 44.6 Å². The minimum absolute atomic E-state index is 0.199. The van der Waals surface area contributed by atoms with Crippen LogP contribution in [0.4, 0.5) is 4.79 Å². The Balaban J connectivity index is 1.97. The molecule has 6 heteroatoms. The van der Waals surface area contributed by atoms with Crippen LogP contribution >= 0.6 is 11.8 Å². The van der Waals surface area contributed by atoms with Gasteiger partial charge in [-0.25, -0.2) is 9.59 Å². The molecular weight excluding hydrogens is 276 g/mol. The van der Waals surface area contributed by atoms with Crippen molar-refractivity contribution in [3.63, 3.8) is 0 Å². The van der Waals surface area contributed by atoms with Gasteiger partial charge in [-0.1, -0.05) is 13.3 Å². The Bertz CT molecular complexity index is 371. The van der Waals surface area contributed by atoms with Crippen LogP contribution < -0.4 is 5.32 Å². The Morgan fingerprint density at radius 3 is 2.90 bits per heavy atom.